The van der Waals surface area contributed by atoms with E-state index in [0.717, 1.165) is 4.57 Å². The fraction of sp³-hybridized carbons (Fsp3) is 0.353. The van der Waals surface area contributed by atoms with E-state index in [0.29, 0.717) is 0 Å². The third-order valence-electron chi connectivity index (χ3n) is 4.16. The number of nitrogens with one attached hydrogen (secondary N) is 1. The molecule has 1 aromatic carbocycles. The van der Waals surface area contributed by atoms with Gasteiger partial charge in [0.25, 0.3) is 5.56 Å². The van der Waals surface area contributed by atoms with Crippen LogP contribution in [0.25, 0.3) is 0 Å². The molecule has 1 aromatic heterocycles. The minimum absolute atomic E-state index is 0.241. The third kappa shape index (κ3) is 3.32. The lowest BCUT2D eigenvalue weighted by atomic mass is 10.1. The molecule has 138 valence electrons. The van der Waals surface area contributed by atoms with E-state index in [-0.39, 0.29) is 11.1 Å². The lowest BCUT2D eigenvalue weighted by Gasteiger charge is -2.20. The van der Waals surface area contributed by atoms with Gasteiger partial charge in [0.2, 0.25) is 0 Å². The number of carbonyl (C=O) groups excluding carboxylic acids is 1. The number of benzene rings is 1. The first-order valence-corrected chi connectivity index (χ1v) is 7.95. The van der Waals surface area contributed by atoms with Crippen LogP contribution in [0.5, 0.6) is 0 Å². The Morgan fingerprint density at radius 3 is 2.65 bits per heavy atom. The summed E-state index contributed by atoms with van der Waals surface area (Å²) < 4.78 is 11.8. The Kier molecular flexibility index (Phi) is 5.03. The standard InChI is InChI=1S/C17H18N2O7/c1-9-7-19(17(24)18-14(9)22)15-12(21)13(11(8-20)25-15)26-16(23)10-5-3-2-4-6-10/h2-7,11-13,15,20-21H,8H2,1H3,(H,18,22,24)/t11-,12-,13-,15-/m1/s1. The van der Waals surface area contributed by atoms with Crippen molar-refractivity contribution >= 4 is 5.97 Å². The van der Waals surface area contributed by atoms with Crippen LogP contribution in [0.3, 0.4) is 0 Å². The fourth-order valence-electron chi connectivity index (χ4n) is 2.78. The zero-order valence-electron chi connectivity index (χ0n) is 13.9. The number of hydrogen-bond donors (Lipinski definition) is 3. The molecule has 3 rings (SSSR count). The van der Waals surface area contributed by atoms with Crippen LogP contribution in [0.2, 0.25) is 0 Å². The predicted octanol–water partition coefficient (Wildman–Crippen LogP) is -0.679. The van der Waals surface area contributed by atoms with Gasteiger partial charge in [-0.15, -0.1) is 0 Å². The summed E-state index contributed by atoms with van der Waals surface area (Å²) in [7, 11) is 0. The molecule has 26 heavy (non-hydrogen) atoms. The van der Waals surface area contributed by atoms with Gasteiger partial charge in [0, 0.05) is 11.8 Å². The normalized spacial score (nSPS) is 25.2. The van der Waals surface area contributed by atoms with Crippen LogP contribution >= 0.6 is 0 Å². The number of carbonyl (C=O) groups is 1. The van der Waals surface area contributed by atoms with Crippen molar-refractivity contribution < 1.29 is 24.5 Å². The third-order valence-corrected chi connectivity index (χ3v) is 4.16. The molecule has 3 N–H and O–H groups in total. The van der Waals surface area contributed by atoms with E-state index in [1.165, 1.54) is 13.1 Å². The molecule has 9 nitrogen and oxygen atoms in total. The Labute approximate surface area is 147 Å². The topological polar surface area (TPSA) is 131 Å². The van der Waals surface area contributed by atoms with E-state index in [4.69, 9.17) is 9.47 Å². The molecule has 1 saturated heterocycles. The first kappa shape index (κ1) is 18.1. The van der Waals surface area contributed by atoms with Crippen LogP contribution in [0.15, 0.2) is 46.1 Å². The highest BCUT2D eigenvalue weighted by Crippen LogP contribution is 2.31. The number of aliphatic hydroxyl groups excluding tert-OH is 2. The van der Waals surface area contributed by atoms with E-state index in [9.17, 15) is 24.6 Å². The number of hydrogen-bond acceptors (Lipinski definition) is 7. The number of ether oxygens (including phenoxy) is 2. The van der Waals surface area contributed by atoms with Crippen LogP contribution < -0.4 is 11.2 Å². The monoisotopic (exact) mass is 362 g/mol. The van der Waals surface area contributed by atoms with Crippen LogP contribution in [0.1, 0.15) is 22.1 Å². The maximum absolute atomic E-state index is 12.2. The highest BCUT2D eigenvalue weighted by Gasteiger charge is 2.47. The molecule has 0 bridgehead atoms. The van der Waals surface area contributed by atoms with Crippen LogP contribution in [-0.2, 0) is 9.47 Å². The summed E-state index contributed by atoms with van der Waals surface area (Å²) in [5.41, 5.74) is -0.816. The highest BCUT2D eigenvalue weighted by molar-refractivity contribution is 5.89. The van der Waals surface area contributed by atoms with Crippen molar-refractivity contribution in [3.63, 3.8) is 0 Å². The molecule has 0 amide bonds. The molecule has 4 atom stereocenters. The highest BCUT2D eigenvalue weighted by atomic mass is 16.6. The minimum atomic E-state index is -1.41. The second-order valence-electron chi connectivity index (χ2n) is 5.95. The molecule has 0 unspecified atom stereocenters. The van der Waals surface area contributed by atoms with Crippen molar-refractivity contribution in [2.45, 2.75) is 31.5 Å². The SMILES string of the molecule is Cc1cn([C@@H]2O[C@H](CO)[C@@H](OC(=O)c3ccccc3)[C@H]2O)c(=O)[nH]c1=O. The Morgan fingerprint density at radius 2 is 2.00 bits per heavy atom. The molecule has 1 fully saturated rings. The van der Waals surface area contributed by atoms with Crippen molar-refractivity contribution in [2.24, 2.45) is 0 Å². The molecule has 1 aliphatic rings. The van der Waals surface area contributed by atoms with Crippen molar-refractivity contribution in [3.8, 4) is 0 Å². The molecule has 0 saturated carbocycles. The minimum Gasteiger partial charge on any atom is -0.453 e. The molecule has 9 heteroatoms. The quantitative estimate of drug-likeness (QED) is 0.614. The second kappa shape index (κ2) is 7.24. The van der Waals surface area contributed by atoms with Crippen molar-refractivity contribution in [2.75, 3.05) is 6.61 Å². The van der Waals surface area contributed by atoms with E-state index in [1.807, 2.05) is 0 Å². The smallest absolute Gasteiger partial charge is 0.338 e. The summed E-state index contributed by atoms with van der Waals surface area (Å²) >= 11 is 0. The van der Waals surface area contributed by atoms with Gasteiger partial charge >= 0.3 is 11.7 Å². The molecule has 1 aliphatic heterocycles. The van der Waals surface area contributed by atoms with Gasteiger partial charge < -0.3 is 19.7 Å². The lowest BCUT2D eigenvalue weighted by Crippen LogP contribution is -2.40. The van der Waals surface area contributed by atoms with Gasteiger partial charge in [0.05, 0.1) is 12.2 Å². The van der Waals surface area contributed by atoms with Gasteiger partial charge in [0.1, 0.15) is 12.2 Å². The number of aliphatic hydroxyl groups is 2. The molecular formula is C17H18N2O7. The van der Waals surface area contributed by atoms with Gasteiger partial charge in [-0.25, -0.2) is 9.59 Å². The van der Waals surface area contributed by atoms with E-state index < -0.39 is 48.4 Å². The first-order valence-electron chi connectivity index (χ1n) is 7.95. The van der Waals surface area contributed by atoms with E-state index in [1.54, 1.807) is 30.3 Å². The molecule has 0 aliphatic carbocycles. The second-order valence-corrected chi connectivity index (χ2v) is 5.95. The summed E-state index contributed by atoms with van der Waals surface area (Å²) in [6, 6.07) is 8.15. The molecule has 0 radical (unpaired) electrons. The van der Waals surface area contributed by atoms with Crippen LogP contribution in [-0.4, -0.2) is 50.7 Å². The zero-order valence-corrected chi connectivity index (χ0v) is 13.9. The maximum Gasteiger partial charge on any atom is 0.338 e. The summed E-state index contributed by atoms with van der Waals surface area (Å²) in [6.45, 7) is 0.962. The average molecular weight is 362 g/mol. The Hall–Kier alpha value is -2.75. The number of aromatic nitrogens is 2. The summed E-state index contributed by atoms with van der Waals surface area (Å²) in [6.07, 6.45) is -3.60. The summed E-state index contributed by atoms with van der Waals surface area (Å²) in [5, 5.41) is 20.0. The number of aromatic amines is 1. The first-order chi connectivity index (χ1) is 12.4. The largest absolute Gasteiger partial charge is 0.453 e. The molecular weight excluding hydrogens is 344 g/mol. The number of aryl methyl sites for hydroxylation is 1. The van der Waals surface area contributed by atoms with Crippen LogP contribution in [0, 0.1) is 6.92 Å². The van der Waals surface area contributed by atoms with Gasteiger partial charge in [0.15, 0.2) is 12.3 Å². The maximum atomic E-state index is 12.2. The number of rotatable bonds is 4. The number of esters is 1. The van der Waals surface area contributed by atoms with Crippen LogP contribution in [0.4, 0.5) is 0 Å². The Morgan fingerprint density at radius 1 is 1.31 bits per heavy atom. The molecule has 2 aromatic rings. The van der Waals surface area contributed by atoms with Crippen molar-refractivity contribution in [1.82, 2.24) is 9.55 Å². The van der Waals surface area contributed by atoms with Gasteiger partial charge in [-0.2, -0.15) is 0 Å². The predicted molar refractivity (Wildman–Crippen MR) is 88.7 cm³/mol. The number of H-pyrrole nitrogens is 1. The lowest BCUT2D eigenvalue weighted by molar-refractivity contribution is -0.0564. The number of nitrogens with zero attached hydrogens (tertiary/aromatic N) is 1. The molecule has 0 spiro atoms. The Balaban J connectivity index is 1.87. The van der Waals surface area contributed by atoms with Gasteiger partial charge in [-0.1, -0.05) is 18.2 Å². The average Bonchev–Trinajstić information content (AvgIpc) is 2.94. The fourth-order valence-corrected chi connectivity index (χ4v) is 2.78. The Bertz CT molecular complexity index is 905. The van der Waals surface area contributed by atoms with E-state index >= 15 is 0 Å². The van der Waals surface area contributed by atoms with E-state index in [2.05, 4.69) is 4.98 Å². The zero-order chi connectivity index (χ0) is 18.8. The molecule has 2 heterocycles. The van der Waals surface area contributed by atoms with Crippen molar-refractivity contribution in [1.29, 1.82) is 0 Å². The van der Waals surface area contributed by atoms with Gasteiger partial charge in [-0.05, 0) is 19.1 Å². The summed E-state index contributed by atoms with van der Waals surface area (Å²) in [4.78, 5) is 37.8. The van der Waals surface area contributed by atoms with Gasteiger partial charge in [-0.3, -0.25) is 14.3 Å². The summed E-state index contributed by atoms with van der Waals surface area (Å²) in [5.74, 6) is -0.692. The van der Waals surface area contributed by atoms with Crippen molar-refractivity contribution in [3.05, 3.63) is 68.5 Å².